The molecule has 0 aromatic rings. The molecule has 2 atom stereocenters. The Morgan fingerprint density at radius 1 is 1.18 bits per heavy atom. The quantitative estimate of drug-likeness (QED) is 0.758. The first-order chi connectivity index (χ1) is 8.25. The minimum absolute atomic E-state index is 0.0157. The third-order valence-electron chi connectivity index (χ3n) is 4.00. The second-order valence-electron chi connectivity index (χ2n) is 5.47. The van der Waals surface area contributed by atoms with Crippen LogP contribution in [0.25, 0.3) is 0 Å². The van der Waals surface area contributed by atoms with Gasteiger partial charge >= 0.3 is 0 Å². The molecule has 1 aliphatic carbocycles. The van der Waals surface area contributed by atoms with Crippen molar-refractivity contribution in [2.75, 3.05) is 13.2 Å². The zero-order chi connectivity index (χ0) is 12.1. The normalized spacial score (nSPS) is 31.7. The summed E-state index contributed by atoms with van der Waals surface area (Å²) in [5.41, 5.74) is 0. The summed E-state index contributed by atoms with van der Waals surface area (Å²) in [7, 11) is 0. The van der Waals surface area contributed by atoms with Gasteiger partial charge in [0.1, 0.15) is 5.78 Å². The van der Waals surface area contributed by atoms with E-state index in [1.165, 1.54) is 6.42 Å². The van der Waals surface area contributed by atoms with Gasteiger partial charge in [-0.3, -0.25) is 4.79 Å². The van der Waals surface area contributed by atoms with Gasteiger partial charge in [-0.25, -0.2) is 0 Å². The van der Waals surface area contributed by atoms with Gasteiger partial charge < -0.3 is 9.47 Å². The van der Waals surface area contributed by atoms with Crippen LogP contribution in [0.1, 0.15) is 51.9 Å². The molecule has 3 nitrogen and oxygen atoms in total. The van der Waals surface area contributed by atoms with E-state index in [-0.39, 0.29) is 6.29 Å². The summed E-state index contributed by atoms with van der Waals surface area (Å²) in [5.74, 6) is 1.38. The highest BCUT2D eigenvalue weighted by Gasteiger charge is 2.25. The summed E-state index contributed by atoms with van der Waals surface area (Å²) in [5, 5.41) is 0. The average Bonchev–Trinajstić information content (AvgIpc) is 2.35. The maximum Gasteiger partial charge on any atom is 0.157 e. The van der Waals surface area contributed by atoms with Gasteiger partial charge in [-0.15, -0.1) is 0 Å². The van der Waals surface area contributed by atoms with E-state index in [0.717, 1.165) is 51.7 Å². The first-order valence-corrected chi connectivity index (χ1v) is 7.01. The van der Waals surface area contributed by atoms with E-state index in [0.29, 0.717) is 17.6 Å². The summed E-state index contributed by atoms with van der Waals surface area (Å²) < 4.78 is 11.0. The molecular formula is C14H24O3. The largest absolute Gasteiger partial charge is 0.353 e. The molecule has 2 rings (SSSR count). The number of carbonyl (C=O) groups excluding carboxylic acids is 1. The Bertz CT molecular complexity index is 246. The molecule has 3 heteroatoms. The molecule has 2 aliphatic rings. The molecule has 2 fully saturated rings. The fourth-order valence-corrected chi connectivity index (χ4v) is 2.76. The van der Waals surface area contributed by atoms with Crippen molar-refractivity contribution in [3.05, 3.63) is 0 Å². The fraction of sp³-hybridized carbons (Fsp3) is 0.929. The van der Waals surface area contributed by atoms with E-state index in [4.69, 9.17) is 9.47 Å². The van der Waals surface area contributed by atoms with Crippen LogP contribution in [-0.2, 0) is 14.3 Å². The minimum Gasteiger partial charge on any atom is -0.353 e. The van der Waals surface area contributed by atoms with Gasteiger partial charge in [-0.1, -0.05) is 6.92 Å². The van der Waals surface area contributed by atoms with Gasteiger partial charge in [-0.05, 0) is 44.4 Å². The zero-order valence-electron chi connectivity index (χ0n) is 10.8. The molecule has 0 radical (unpaired) electrons. The van der Waals surface area contributed by atoms with Crippen molar-refractivity contribution in [2.45, 2.75) is 58.2 Å². The molecule has 0 spiro atoms. The third kappa shape index (κ3) is 4.07. The Hall–Kier alpha value is -0.410. The van der Waals surface area contributed by atoms with Crippen molar-refractivity contribution in [3.8, 4) is 0 Å². The van der Waals surface area contributed by atoms with E-state index >= 15 is 0 Å². The number of Topliss-reactive ketones (excluding diaryl/α,β-unsaturated/α-hetero) is 1. The van der Waals surface area contributed by atoms with Crippen LogP contribution in [0.15, 0.2) is 0 Å². The highest BCUT2D eigenvalue weighted by molar-refractivity contribution is 5.81. The molecule has 2 unspecified atom stereocenters. The molecule has 0 aromatic carbocycles. The van der Waals surface area contributed by atoms with Crippen LogP contribution in [0.2, 0.25) is 0 Å². The van der Waals surface area contributed by atoms with Gasteiger partial charge in [0.05, 0.1) is 13.2 Å². The van der Waals surface area contributed by atoms with E-state index in [9.17, 15) is 4.79 Å². The Kier molecular flexibility index (Phi) is 4.99. The maximum atomic E-state index is 11.6. The summed E-state index contributed by atoms with van der Waals surface area (Å²) in [6.45, 7) is 3.73. The van der Waals surface area contributed by atoms with Gasteiger partial charge in [0.2, 0.25) is 0 Å². The Morgan fingerprint density at radius 2 is 1.94 bits per heavy atom. The van der Waals surface area contributed by atoms with Crippen molar-refractivity contribution >= 4 is 5.78 Å². The van der Waals surface area contributed by atoms with Crippen molar-refractivity contribution in [2.24, 2.45) is 11.8 Å². The second kappa shape index (κ2) is 6.50. The van der Waals surface area contributed by atoms with Crippen LogP contribution in [0.5, 0.6) is 0 Å². The number of hydrogen-bond donors (Lipinski definition) is 0. The van der Waals surface area contributed by atoms with E-state index in [1.807, 2.05) is 0 Å². The third-order valence-corrected chi connectivity index (χ3v) is 4.00. The molecule has 1 aliphatic heterocycles. The lowest BCUT2D eigenvalue weighted by Gasteiger charge is -2.26. The molecule has 1 saturated carbocycles. The molecule has 1 heterocycles. The lowest BCUT2D eigenvalue weighted by molar-refractivity contribution is -0.181. The Morgan fingerprint density at radius 3 is 2.65 bits per heavy atom. The minimum atomic E-state index is 0.0157. The highest BCUT2D eigenvalue weighted by atomic mass is 16.7. The first-order valence-electron chi connectivity index (χ1n) is 7.01. The smallest absolute Gasteiger partial charge is 0.157 e. The summed E-state index contributed by atoms with van der Waals surface area (Å²) in [6.07, 6.45) is 7.40. The average molecular weight is 240 g/mol. The number of ether oxygens (including phenoxy) is 2. The van der Waals surface area contributed by atoms with Gasteiger partial charge in [-0.2, -0.15) is 0 Å². The molecular weight excluding hydrogens is 216 g/mol. The van der Waals surface area contributed by atoms with Crippen LogP contribution in [0.4, 0.5) is 0 Å². The predicted molar refractivity (Wildman–Crippen MR) is 65.7 cm³/mol. The molecule has 1 saturated heterocycles. The van der Waals surface area contributed by atoms with E-state index < -0.39 is 0 Å². The predicted octanol–water partition coefficient (Wildman–Crippen LogP) is 2.93. The zero-order valence-corrected chi connectivity index (χ0v) is 10.8. The Labute approximate surface area is 104 Å². The van der Waals surface area contributed by atoms with Gasteiger partial charge in [0, 0.05) is 12.3 Å². The SMILES string of the molecule is CC1CCC(CCCC2OCCCO2)CC1=O. The topological polar surface area (TPSA) is 35.5 Å². The van der Waals surface area contributed by atoms with E-state index in [2.05, 4.69) is 6.92 Å². The van der Waals surface area contributed by atoms with Gasteiger partial charge in [0.15, 0.2) is 6.29 Å². The molecule has 17 heavy (non-hydrogen) atoms. The number of ketones is 1. The standard InChI is InChI=1S/C14H24O3/c1-11-6-7-12(10-13(11)15)4-2-5-14-16-8-3-9-17-14/h11-12,14H,2-10H2,1H3. The number of carbonyl (C=O) groups is 1. The first kappa shape index (κ1) is 13.0. The van der Waals surface area contributed by atoms with Crippen LogP contribution in [-0.4, -0.2) is 25.3 Å². The van der Waals surface area contributed by atoms with E-state index in [1.54, 1.807) is 0 Å². The van der Waals surface area contributed by atoms with Crippen LogP contribution < -0.4 is 0 Å². The second-order valence-corrected chi connectivity index (χ2v) is 5.47. The van der Waals surface area contributed by atoms with Crippen molar-refractivity contribution < 1.29 is 14.3 Å². The van der Waals surface area contributed by atoms with Crippen LogP contribution in [0, 0.1) is 11.8 Å². The van der Waals surface area contributed by atoms with Crippen molar-refractivity contribution in [3.63, 3.8) is 0 Å². The molecule has 0 bridgehead atoms. The molecule has 0 N–H and O–H groups in total. The number of rotatable bonds is 4. The van der Waals surface area contributed by atoms with Crippen molar-refractivity contribution in [1.82, 2.24) is 0 Å². The van der Waals surface area contributed by atoms with Crippen LogP contribution >= 0.6 is 0 Å². The Balaban J connectivity index is 1.60. The summed E-state index contributed by atoms with van der Waals surface area (Å²) in [6, 6.07) is 0. The monoisotopic (exact) mass is 240 g/mol. The summed E-state index contributed by atoms with van der Waals surface area (Å²) in [4.78, 5) is 11.6. The fourth-order valence-electron chi connectivity index (χ4n) is 2.76. The van der Waals surface area contributed by atoms with Gasteiger partial charge in [0.25, 0.3) is 0 Å². The van der Waals surface area contributed by atoms with Crippen LogP contribution in [0.3, 0.4) is 0 Å². The highest BCUT2D eigenvalue weighted by Crippen LogP contribution is 2.29. The lowest BCUT2D eigenvalue weighted by Crippen LogP contribution is -2.25. The maximum absolute atomic E-state index is 11.6. The lowest BCUT2D eigenvalue weighted by atomic mass is 9.80. The van der Waals surface area contributed by atoms with Crippen molar-refractivity contribution in [1.29, 1.82) is 0 Å². The number of hydrogen-bond acceptors (Lipinski definition) is 3. The molecule has 0 amide bonds. The molecule has 0 aromatic heterocycles. The summed E-state index contributed by atoms with van der Waals surface area (Å²) >= 11 is 0. The molecule has 98 valence electrons.